The van der Waals surface area contributed by atoms with Gasteiger partial charge in [0.25, 0.3) is 0 Å². The number of halogens is 1. The smallest absolute Gasteiger partial charge is 0.119 e. The van der Waals surface area contributed by atoms with Gasteiger partial charge in [-0.05, 0) is 6.07 Å². The second kappa shape index (κ2) is 2.95. The molecule has 0 aliphatic rings. The highest BCUT2D eigenvalue weighted by Gasteiger charge is 1.99. The highest BCUT2D eigenvalue weighted by Crippen LogP contribution is 2.24. The third kappa shape index (κ3) is 1.19. The standard InChI is InChI=1S/C8H8N2O.ClH/c9-7-3-5(11)4-8-6(7)1-2-10-8;/h1-4,10-11H,9H2;1H. The highest BCUT2D eigenvalue weighted by molar-refractivity contribution is 5.92. The Bertz CT molecular complexity index is 397. The van der Waals surface area contributed by atoms with Crippen LogP contribution >= 0.6 is 12.4 Å². The lowest BCUT2D eigenvalue weighted by Crippen LogP contribution is -1.84. The molecule has 0 amide bonds. The Hall–Kier alpha value is -1.35. The minimum Gasteiger partial charge on any atom is -0.508 e. The molecule has 4 heteroatoms. The van der Waals surface area contributed by atoms with E-state index in [0.717, 1.165) is 10.9 Å². The van der Waals surface area contributed by atoms with Gasteiger partial charge in [-0.3, -0.25) is 0 Å². The Labute approximate surface area is 75.6 Å². The molecule has 0 aliphatic carbocycles. The fourth-order valence-electron chi connectivity index (χ4n) is 1.18. The van der Waals surface area contributed by atoms with Crippen LogP contribution in [0.15, 0.2) is 24.4 Å². The summed E-state index contributed by atoms with van der Waals surface area (Å²) in [5.41, 5.74) is 7.08. The van der Waals surface area contributed by atoms with Crippen molar-refractivity contribution in [2.75, 3.05) is 5.73 Å². The van der Waals surface area contributed by atoms with E-state index >= 15 is 0 Å². The van der Waals surface area contributed by atoms with E-state index in [4.69, 9.17) is 10.8 Å². The zero-order valence-corrected chi connectivity index (χ0v) is 7.06. The SMILES string of the molecule is Cl.Nc1cc(O)cc2[nH]ccc12. The lowest BCUT2D eigenvalue weighted by Gasteiger charge is -1.96. The zero-order chi connectivity index (χ0) is 7.84. The number of aromatic amines is 1. The molecule has 0 saturated carbocycles. The number of rotatable bonds is 0. The van der Waals surface area contributed by atoms with E-state index in [1.807, 2.05) is 6.07 Å². The van der Waals surface area contributed by atoms with Crippen LogP contribution in [0, 0.1) is 0 Å². The largest absolute Gasteiger partial charge is 0.508 e. The van der Waals surface area contributed by atoms with Gasteiger partial charge in [-0.1, -0.05) is 0 Å². The Morgan fingerprint density at radius 1 is 1.33 bits per heavy atom. The first kappa shape index (κ1) is 8.74. The van der Waals surface area contributed by atoms with Gasteiger partial charge >= 0.3 is 0 Å². The summed E-state index contributed by atoms with van der Waals surface area (Å²) in [7, 11) is 0. The molecule has 0 saturated heterocycles. The van der Waals surface area contributed by atoms with E-state index < -0.39 is 0 Å². The van der Waals surface area contributed by atoms with Gasteiger partial charge in [0.15, 0.2) is 0 Å². The summed E-state index contributed by atoms with van der Waals surface area (Å²) >= 11 is 0. The van der Waals surface area contributed by atoms with Crippen molar-refractivity contribution in [1.82, 2.24) is 4.98 Å². The van der Waals surface area contributed by atoms with Gasteiger partial charge in [-0.2, -0.15) is 0 Å². The number of phenols is 1. The normalized spacial score (nSPS) is 9.67. The van der Waals surface area contributed by atoms with Crippen LogP contribution in [0.2, 0.25) is 0 Å². The third-order valence-corrected chi connectivity index (χ3v) is 1.69. The quantitative estimate of drug-likeness (QED) is 0.548. The molecule has 2 aromatic rings. The van der Waals surface area contributed by atoms with E-state index in [-0.39, 0.29) is 18.2 Å². The van der Waals surface area contributed by atoms with Gasteiger partial charge < -0.3 is 15.8 Å². The topological polar surface area (TPSA) is 62.0 Å². The van der Waals surface area contributed by atoms with Crippen LogP contribution in [0.3, 0.4) is 0 Å². The van der Waals surface area contributed by atoms with Gasteiger partial charge in [-0.15, -0.1) is 12.4 Å². The number of anilines is 1. The summed E-state index contributed by atoms with van der Waals surface area (Å²) in [6, 6.07) is 5.06. The van der Waals surface area contributed by atoms with Crippen LogP contribution in [0.5, 0.6) is 5.75 Å². The molecule has 0 radical (unpaired) electrons. The number of aromatic nitrogens is 1. The van der Waals surface area contributed by atoms with Crippen molar-refractivity contribution < 1.29 is 5.11 Å². The minimum absolute atomic E-state index is 0. The molecule has 2 rings (SSSR count). The number of nitrogens with one attached hydrogen (secondary N) is 1. The molecular formula is C8H9ClN2O. The number of benzene rings is 1. The Balaban J connectivity index is 0.000000720. The fourth-order valence-corrected chi connectivity index (χ4v) is 1.18. The molecule has 0 unspecified atom stereocenters. The van der Waals surface area contributed by atoms with Crippen molar-refractivity contribution in [1.29, 1.82) is 0 Å². The van der Waals surface area contributed by atoms with E-state index in [0.29, 0.717) is 5.69 Å². The van der Waals surface area contributed by atoms with E-state index in [2.05, 4.69) is 4.98 Å². The summed E-state index contributed by atoms with van der Waals surface area (Å²) in [4.78, 5) is 2.96. The molecule has 1 aromatic heterocycles. The Kier molecular flexibility index (Phi) is 2.15. The molecule has 1 heterocycles. The third-order valence-electron chi connectivity index (χ3n) is 1.69. The number of phenolic OH excluding ortho intramolecular Hbond substituents is 1. The van der Waals surface area contributed by atoms with Gasteiger partial charge in [0.05, 0.1) is 5.52 Å². The molecular weight excluding hydrogens is 176 g/mol. The maximum Gasteiger partial charge on any atom is 0.119 e. The Morgan fingerprint density at radius 3 is 2.83 bits per heavy atom. The first-order valence-electron chi connectivity index (χ1n) is 3.33. The van der Waals surface area contributed by atoms with Crippen LogP contribution in [0.25, 0.3) is 10.9 Å². The van der Waals surface area contributed by atoms with E-state index in [9.17, 15) is 0 Å². The molecule has 0 bridgehead atoms. The molecule has 64 valence electrons. The first-order valence-corrected chi connectivity index (χ1v) is 3.33. The highest BCUT2D eigenvalue weighted by atomic mass is 35.5. The summed E-state index contributed by atoms with van der Waals surface area (Å²) in [6.45, 7) is 0. The number of nitrogen functional groups attached to an aromatic ring is 1. The number of H-pyrrole nitrogens is 1. The van der Waals surface area contributed by atoms with Crippen molar-refractivity contribution >= 4 is 29.0 Å². The number of aromatic hydroxyl groups is 1. The molecule has 12 heavy (non-hydrogen) atoms. The van der Waals surface area contributed by atoms with Crippen LogP contribution < -0.4 is 5.73 Å². The second-order valence-electron chi connectivity index (χ2n) is 2.47. The van der Waals surface area contributed by atoms with Gasteiger partial charge in [0.1, 0.15) is 5.75 Å². The maximum absolute atomic E-state index is 9.13. The first-order chi connectivity index (χ1) is 5.27. The average Bonchev–Trinajstić information content (AvgIpc) is 2.34. The Morgan fingerprint density at radius 2 is 2.08 bits per heavy atom. The van der Waals surface area contributed by atoms with E-state index in [1.165, 1.54) is 6.07 Å². The molecule has 4 N–H and O–H groups in total. The molecule has 0 spiro atoms. The van der Waals surface area contributed by atoms with E-state index in [1.54, 1.807) is 12.3 Å². The van der Waals surface area contributed by atoms with Gasteiger partial charge in [0, 0.05) is 29.4 Å². The lowest BCUT2D eigenvalue weighted by molar-refractivity contribution is 0.476. The van der Waals surface area contributed by atoms with Gasteiger partial charge in [0.2, 0.25) is 0 Å². The molecule has 0 aliphatic heterocycles. The summed E-state index contributed by atoms with van der Waals surface area (Å²) in [5, 5.41) is 10.1. The molecule has 0 atom stereocenters. The number of nitrogens with two attached hydrogens (primary N) is 1. The molecule has 3 nitrogen and oxygen atoms in total. The van der Waals surface area contributed by atoms with Crippen molar-refractivity contribution in [3.63, 3.8) is 0 Å². The monoisotopic (exact) mass is 184 g/mol. The fraction of sp³-hybridized carbons (Fsp3) is 0. The summed E-state index contributed by atoms with van der Waals surface area (Å²) < 4.78 is 0. The second-order valence-corrected chi connectivity index (χ2v) is 2.47. The zero-order valence-electron chi connectivity index (χ0n) is 6.24. The molecule has 1 aromatic carbocycles. The maximum atomic E-state index is 9.13. The summed E-state index contributed by atoms with van der Waals surface area (Å²) in [6.07, 6.45) is 1.79. The van der Waals surface area contributed by atoms with Crippen molar-refractivity contribution in [3.8, 4) is 5.75 Å². The van der Waals surface area contributed by atoms with Crippen molar-refractivity contribution in [2.45, 2.75) is 0 Å². The van der Waals surface area contributed by atoms with Gasteiger partial charge in [-0.25, -0.2) is 0 Å². The van der Waals surface area contributed by atoms with Crippen LogP contribution in [0.4, 0.5) is 5.69 Å². The average molecular weight is 185 g/mol. The van der Waals surface area contributed by atoms with Crippen LogP contribution in [-0.2, 0) is 0 Å². The van der Waals surface area contributed by atoms with Crippen molar-refractivity contribution in [3.05, 3.63) is 24.4 Å². The minimum atomic E-state index is 0. The number of hydrogen-bond acceptors (Lipinski definition) is 2. The predicted octanol–water partition coefficient (Wildman–Crippen LogP) is 1.88. The number of fused-ring (bicyclic) bond motifs is 1. The summed E-state index contributed by atoms with van der Waals surface area (Å²) in [5.74, 6) is 0.192. The predicted molar refractivity (Wildman–Crippen MR) is 51.6 cm³/mol. The van der Waals surface area contributed by atoms with Crippen molar-refractivity contribution in [2.24, 2.45) is 0 Å². The lowest BCUT2D eigenvalue weighted by atomic mass is 10.2. The van der Waals surface area contributed by atoms with Crippen LogP contribution in [-0.4, -0.2) is 10.1 Å². The van der Waals surface area contributed by atoms with Crippen LogP contribution in [0.1, 0.15) is 0 Å². The number of hydrogen-bond donors (Lipinski definition) is 3. The molecule has 0 fully saturated rings.